The Morgan fingerprint density at radius 2 is 1.68 bits per heavy atom. The van der Waals surface area contributed by atoms with E-state index in [1.54, 1.807) is 25.1 Å². The molecule has 8 heteroatoms. The largest absolute Gasteiger partial charge is 0.354 e. The van der Waals surface area contributed by atoms with Gasteiger partial charge in [0, 0.05) is 39.5 Å². The molecular formula is C23H27Cl3N2O2S. The SMILES string of the molecule is CC(C)CNC(=O)[C@@H](C)N(Cc1c(Cl)cccc1Cl)C(=O)CSCc1cccc(Cl)c1. The Morgan fingerprint density at radius 1 is 1.03 bits per heavy atom. The lowest BCUT2D eigenvalue weighted by Gasteiger charge is -2.29. The highest BCUT2D eigenvalue weighted by molar-refractivity contribution is 7.99. The number of hydrogen-bond acceptors (Lipinski definition) is 3. The number of benzene rings is 2. The minimum Gasteiger partial charge on any atom is -0.354 e. The van der Waals surface area contributed by atoms with Gasteiger partial charge in [0.15, 0.2) is 0 Å². The molecule has 0 unspecified atom stereocenters. The maximum atomic E-state index is 13.1. The Kier molecular flexibility index (Phi) is 10.5. The maximum absolute atomic E-state index is 13.1. The summed E-state index contributed by atoms with van der Waals surface area (Å²) in [4.78, 5) is 27.4. The van der Waals surface area contributed by atoms with Gasteiger partial charge in [0.25, 0.3) is 0 Å². The summed E-state index contributed by atoms with van der Waals surface area (Å²) in [5.41, 5.74) is 1.66. The number of carbonyl (C=O) groups is 2. The zero-order valence-corrected chi connectivity index (χ0v) is 20.9. The van der Waals surface area contributed by atoms with Gasteiger partial charge in [0.05, 0.1) is 5.75 Å². The normalized spacial score (nSPS) is 12.0. The third-order valence-corrected chi connectivity index (χ3v) is 6.56. The number of halogens is 3. The number of hydrogen-bond donors (Lipinski definition) is 1. The van der Waals surface area contributed by atoms with Crippen molar-refractivity contribution in [3.63, 3.8) is 0 Å². The second-order valence-electron chi connectivity index (χ2n) is 7.66. The molecule has 0 heterocycles. The fourth-order valence-corrected chi connectivity index (χ4v) is 4.44. The molecule has 0 spiro atoms. The highest BCUT2D eigenvalue weighted by Crippen LogP contribution is 2.27. The van der Waals surface area contributed by atoms with Crippen LogP contribution in [0.5, 0.6) is 0 Å². The second kappa shape index (κ2) is 12.6. The highest BCUT2D eigenvalue weighted by atomic mass is 35.5. The predicted molar refractivity (Wildman–Crippen MR) is 132 cm³/mol. The molecule has 2 amide bonds. The molecule has 31 heavy (non-hydrogen) atoms. The molecule has 1 N–H and O–H groups in total. The molecule has 0 saturated carbocycles. The van der Waals surface area contributed by atoms with Gasteiger partial charge in [0.1, 0.15) is 6.04 Å². The summed E-state index contributed by atoms with van der Waals surface area (Å²) < 4.78 is 0. The molecule has 0 radical (unpaired) electrons. The molecule has 2 rings (SSSR count). The van der Waals surface area contributed by atoms with E-state index in [-0.39, 0.29) is 24.1 Å². The lowest BCUT2D eigenvalue weighted by molar-refractivity contribution is -0.138. The maximum Gasteiger partial charge on any atom is 0.242 e. The van der Waals surface area contributed by atoms with E-state index in [0.29, 0.717) is 38.8 Å². The van der Waals surface area contributed by atoms with Gasteiger partial charge in [-0.1, -0.05) is 66.8 Å². The average Bonchev–Trinajstić information content (AvgIpc) is 2.71. The van der Waals surface area contributed by atoms with Gasteiger partial charge in [-0.3, -0.25) is 9.59 Å². The molecule has 2 aromatic rings. The van der Waals surface area contributed by atoms with Crippen LogP contribution in [0.3, 0.4) is 0 Å². The summed E-state index contributed by atoms with van der Waals surface area (Å²) in [5, 5.41) is 4.49. The van der Waals surface area contributed by atoms with E-state index in [1.165, 1.54) is 16.7 Å². The first-order valence-corrected chi connectivity index (χ1v) is 12.3. The van der Waals surface area contributed by atoms with Crippen LogP contribution in [0.2, 0.25) is 15.1 Å². The first kappa shape index (κ1) is 25.9. The van der Waals surface area contributed by atoms with E-state index in [4.69, 9.17) is 34.8 Å². The van der Waals surface area contributed by atoms with Crippen molar-refractivity contribution in [3.8, 4) is 0 Å². The highest BCUT2D eigenvalue weighted by Gasteiger charge is 2.27. The van der Waals surface area contributed by atoms with E-state index in [0.717, 1.165) is 5.56 Å². The topological polar surface area (TPSA) is 49.4 Å². The molecule has 0 aromatic heterocycles. The fourth-order valence-electron chi connectivity index (χ4n) is 2.85. The molecule has 0 aliphatic rings. The minimum absolute atomic E-state index is 0.157. The molecule has 2 aromatic carbocycles. The molecule has 0 fully saturated rings. The van der Waals surface area contributed by atoms with Gasteiger partial charge in [-0.25, -0.2) is 0 Å². The molecule has 1 atom stereocenters. The summed E-state index contributed by atoms with van der Waals surface area (Å²) in [6.45, 7) is 6.46. The number of nitrogens with one attached hydrogen (secondary N) is 1. The molecule has 0 aliphatic heterocycles. The number of amides is 2. The first-order valence-electron chi connectivity index (χ1n) is 10.0. The lowest BCUT2D eigenvalue weighted by atomic mass is 10.1. The van der Waals surface area contributed by atoms with E-state index >= 15 is 0 Å². The monoisotopic (exact) mass is 500 g/mol. The Balaban J connectivity index is 2.13. The predicted octanol–water partition coefficient (Wildman–Crippen LogP) is 6.07. The van der Waals surface area contributed by atoms with Crippen LogP contribution in [0.4, 0.5) is 0 Å². The number of carbonyl (C=O) groups excluding carboxylic acids is 2. The van der Waals surface area contributed by atoms with Gasteiger partial charge < -0.3 is 10.2 Å². The van der Waals surface area contributed by atoms with Crippen LogP contribution >= 0.6 is 46.6 Å². The van der Waals surface area contributed by atoms with Crippen LogP contribution in [0.25, 0.3) is 0 Å². The van der Waals surface area contributed by atoms with E-state index in [9.17, 15) is 9.59 Å². The second-order valence-corrected chi connectivity index (χ2v) is 9.90. The Morgan fingerprint density at radius 3 is 2.29 bits per heavy atom. The van der Waals surface area contributed by atoms with Crippen LogP contribution in [0, 0.1) is 5.92 Å². The lowest BCUT2D eigenvalue weighted by Crippen LogP contribution is -2.48. The van der Waals surface area contributed by atoms with Crippen molar-refractivity contribution in [2.75, 3.05) is 12.3 Å². The van der Waals surface area contributed by atoms with E-state index in [1.807, 2.05) is 38.1 Å². The van der Waals surface area contributed by atoms with Crippen molar-refractivity contribution < 1.29 is 9.59 Å². The summed E-state index contributed by atoms with van der Waals surface area (Å²) in [6, 6.07) is 12.1. The smallest absolute Gasteiger partial charge is 0.242 e. The molecule has 0 bridgehead atoms. The van der Waals surface area contributed by atoms with Gasteiger partial charge in [-0.05, 0) is 42.7 Å². The van der Waals surface area contributed by atoms with Crippen molar-refractivity contribution in [2.45, 2.75) is 39.1 Å². The standard InChI is InChI=1S/C23H27Cl3N2O2S/c1-15(2)11-27-23(30)16(3)28(12-19-20(25)8-5-9-21(19)26)22(29)14-31-13-17-6-4-7-18(24)10-17/h4-10,15-16H,11-14H2,1-3H3,(H,27,30)/t16-/m1/s1. The number of nitrogens with zero attached hydrogens (tertiary/aromatic N) is 1. The molecular weight excluding hydrogens is 475 g/mol. The number of thioether (sulfide) groups is 1. The van der Waals surface area contributed by atoms with Crippen LogP contribution in [-0.4, -0.2) is 35.1 Å². The zero-order valence-electron chi connectivity index (χ0n) is 17.8. The Labute approximate surface area is 203 Å². The summed E-state index contributed by atoms with van der Waals surface area (Å²) >= 11 is 20.1. The summed E-state index contributed by atoms with van der Waals surface area (Å²) in [5.74, 6) is 0.809. The molecule has 4 nitrogen and oxygen atoms in total. The van der Waals surface area contributed by atoms with Crippen molar-refractivity contribution >= 4 is 58.4 Å². The van der Waals surface area contributed by atoms with Crippen molar-refractivity contribution in [1.82, 2.24) is 10.2 Å². The van der Waals surface area contributed by atoms with Crippen LogP contribution in [-0.2, 0) is 21.9 Å². The Bertz CT molecular complexity index is 888. The van der Waals surface area contributed by atoms with E-state index in [2.05, 4.69) is 5.32 Å². The van der Waals surface area contributed by atoms with Gasteiger partial charge >= 0.3 is 0 Å². The third-order valence-electron chi connectivity index (χ3n) is 4.63. The number of rotatable bonds is 10. The Hall–Kier alpha value is -1.40. The van der Waals surface area contributed by atoms with Crippen molar-refractivity contribution in [3.05, 3.63) is 68.7 Å². The first-order chi connectivity index (χ1) is 14.7. The van der Waals surface area contributed by atoms with Crippen molar-refractivity contribution in [1.29, 1.82) is 0 Å². The van der Waals surface area contributed by atoms with Crippen molar-refractivity contribution in [2.24, 2.45) is 5.92 Å². The van der Waals surface area contributed by atoms with E-state index < -0.39 is 6.04 Å². The quantitative estimate of drug-likeness (QED) is 0.430. The third kappa shape index (κ3) is 8.23. The average molecular weight is 502 g/mol. The minimum atomic E-state index is -0.662. The van der Waals surface area contributed by atoms with Crippen LogP contribution < -0.4 is 5.32 Å². The van der Waals surface area contributed by atoms with Gasteiger partial charge in [0.2, 0.25) is 11.8 Å². The fraction of sp³-hybridized carbons (Fsp3) is 0.391. The van der Waals surface area contributed by atoms with Gasteiger partial charge in [-0.2, -0.15) is 0 Å². The molecule has 0 aliphatic carbocycles. The summed E-state index contributed by atoms with van der Waals surface area (Å²) in [7, 11) is 0. The molecule has 168 valence electrons. The van der Waals surface area contributed by atoms with Crippen LogP contribution in [0.15, 0.2) is 42.5 Å². The zero-order chi connectivity index (χ0) is 23.0. The van der Waals surface area contributed by atoms with Crippen LogP contribution in [0.1, 0.15) is 31.9 Å². The molecule has 0 saturated heterocycles. The van der Waals surface area contributed by atoms with Gasteiger partial charge in [-0.15, -0.1) is 11.8 Å². The summed E-state index contributed by atoms with van der Waals surface area (Å²) in [6.07, 6.45) is 0.